The number of nitrogens with zero attached hydrogens (tertiary/aromatic N) is 1. The number of aromatic nitrogens is 1. The van der Waals surface area contributed by atoms with Gasteiger partial charge >= 0.3 is 5.97 Å². The van der Waals surface area contributed by atoms with Crippen LogP contribution in [-0.2, 0) is 24.0 Å². The number of unbranched alkanes of at least 4 members (excludes halogenated alkanes) is 2. The van der Waals surface area contributed by atoms with Crippen molar-refractivity contribution in [1.29, 1.82) is 0 Å². The molecule has 1 aliphatic carbocycles. The summed E-state index contributed by atoms with van der Waals surface area (Å²) in [5, 5.41) is 3.72. The molecular formula is C31H40Cl2N2O3. The van der Waals surface area contributed by atoms with E-state index in [1.165, 1.54) is 29.5 Å². The number of benzene rings is 2. The number of hydrogen-bond acceptors (Lipinski definition) is 5. The summed E-state index contributed by atoms with van der Waals surface area (Å²) >= 11 is 0. The van der Waals surface area contributed by atoms with Crippen LogP contribution in [-0.4, -0.2) is 30.7 Å². The molecule has 7 heteroatoms. The van der Waals surface area contributed by atoms with Gasteiger partial charge in [-0.05, 0) is 93.7 Å². The fourth-order valence-corrected chi connectivity index (χ4v) is 4.86. The Labute approximate surface area is 239 Å². The fourth-order valence-electron chi connectivity index (χ4n) is 4.86. The predicted molar refractivity (Wildman–Crippen MR) is 158 cm³/mol. The van der Waals surface area contributed by atoms with Gasteiger partial charge in [0.05, 0.1) is 13.2 Å². The minimum absolute atomic E-state index is 0. The molecule has 1 atom stereocenters. The van der Waals surface area contributed by atoms with Crippen LogP contribution in [0.5, 0.6) is 5.75 Å². The molecule has 38 heavy (non-hydrogen) atoms. The van der Waals surface area contributed by atoms with E-state index in [2.05, 4.69) is 58.8 Å². The lowest BCUT2D eigenvalue weighted by molar-refractivity contribution is 0.0519. The number of halogens is 2. The zero-order valence-electron chi connectivity index (χ0n) is 22.2. The van der Waals surface area contributed by atoms with E-state index in [4.69, 9.17) is 9.47 Å². The van der Waals surface area contributed by atoms with Crippen LogP contribution in [0.3, 0.4) is 0 Å². The SMILES string of the molecule is CCOC(=O)c1ccc2c(n1)CCCC2NCCc1ccccc1OCCCCCc1ccccc1.Cl.Cl. The second kappa shape index (κ2) is 17.1. The first-order chi connectivity index (χ1) is 17.7. The largest absolute Gasteiger partial charge is 0.493 e. The molecule has 0 bridgehead atoms. The Balaban J connectivity index is 0.00000253. The number of fused-ring (bicyclic) bond motifs is 1. The van der Waals surface area contributed by atoms with Crippen molar-refractivity contribution in [2.45, 2.75) is 64.3 Å². The monoisotopic (exact) mass is 558 g/mol. The highest BCUT2D eigenvalue weighted by Crippen LogP contribution is 2.29. The lowest BCUT2D eigenvalue weighted by Crippen LogP contribution is -2.28. The number of carbonyl (C=O) groups is 1. The molecule has 0 fully saturated rings. The first-order valence-electron chi connectivity index (χ1n) is 13.4. The summed E-state index contributed by atoms with van der Waals surface area (Å²) in [7, 11) is 0. The zero-order chi connectivity index (χ0) is 25.0. The third-order valence-electron chi connectivity index (χ3n) is 6.74. The van der Waals surface area contributed by atoms with Gasteiger partial charge in [0.15, 0.2) is 0 Å². The van der Waals surface area contributed by atoms with Crippen molar-refractivity contribution in [3.63, 3.8) is 0 Å². The molecule has 0 radical (unpaired) electrons. The van der Waals surface area contributed by atoms with Crippen LogP contribution in [0, 0.1) is 0 Å². The molecule has 1 N–H and O–H groups in total. The number of aryl methyl sites for hydroxylation is 2. The van der Waals surface area contributed by atoms with Crippen molar-refractivity contribution >= 4 is 30.8 Å². The van der Waals surface area contributed by atoms with Gasteiger partial charge in [-0.1, -0.05) is 54.6 Å². The average Bonchev–Trinajstić information content (AvgIpc) is 2.92. The molecule has 5 nitrogen and oxygen atoms in total. The lowest BCUT2D eigenvalue weighted by Gasteiger charge is -2.26. The maximum atomic E-state index is 12.0. The Morgan fingerprint density at radius 3 is 2.55 bits per heavy atom. The molecular weight excluding hydrogens is 519 g/mol. The number of ether oxygens (including phenoxy) is 2. The molecule has 2 aromatic carbocycles. The summed E-state index contributed by atoms with van der Waals surface area (Å²) < 4.78 is 11.3. The Morgan fingerprint density at radius 2 is 1.74 bits per heavy atom. The minimum Gasteiger partial charge on any atom is -0.493 e. The van der Waals surface area contributed by atoms with Gasteiger partial charge in [0, 0.05) is 11.7 Å². The molecule has 3 aromatic rings. The molecule has 1 aromatic heterocycles. The highest BCUT2D eigenvalue weighted by atomic mass is 35.5. The maximum absolute atomic E-state index is 12.0. The van der Waals surface area contributed by atoms with E-state index in [0.717, 1.165) is 63.1 Å². The van der Waals surface area contributed by atoms with E-state index >= 15 is 0 Å². The highest BCUT2D eigenvalue weighted by molar-refractivity contribution is 5.87. The molecule has 0 amide bonds. The molecule has 206 valence electrons. The van der Waals surface area contributed by atoms with Crippen LogP contribution in [0.25, 0.3) is 0 Å². The van der Waals surface area contributed by atoms with Crippen LogP contribution in [0.2, 0.25) is 0 Å². The summed E-state index contributed by atoms with van der Waals surface area (Å²) in [6, 6.07) is 23.1. The van der Waals surface area contributed by atoms with Crippen molar-refractivity contribution in [1.82, 2.24) is 10.3 Å². The van der Waals surface area contributed by atoms with Crippen molar-refractivity contribution in [2.75, 3.05) is 19.8 Å². The van der Waals surface area contributed by atoms with Gasteiger partial charge in [0.25, 0.3) is 0 Å². The quantitative estimate of drug-likeness (QED) is 0.179. The minimum atomic E-state index is -0.344. The Morgan fingerprint density at radius 1 is 0.947 bits per heavy atom. The highest BCUT2D eigenvalue weighted by Gasteiger charge is 2.22. The van der Waals surface area contributed by atoms with Gasteiger partial charge in [-0.15, -0.1) is 24.8 Å². The second-order valence-corrected chi connectivity index (χ2v) is 9.35. The number of rotatable bonds is 13. The van der Waals surface area contributed by atoms with E-state index in [-0.39, 0.29) is 36.8 Å². The number of nitrogens with one attached hydrogen (secondary N) is 1. The molecule has 1 heterocycles. The number of hydrogen-bond donors (Lipinski definition) is 1. The van der Waals surface area contributed by atoms with E-state index in [1.807, 2.05) is 19.1 Å². The van der Waals surface area contributed by atoms with Crippen molar-refractivity contribution in [3.8, 4) is 5.75 Å². The van der Waals surface area contributed by atoms with E-state index in [9.17, 15) is 4.79 Å². The first-order valence-corrected chi connectivity index (χ1v) is 13.4. The average molecular weight is 560 g/mol. The Hall–Kier alpha value is -2.60. The summed E-state index contributed by atoms with van der Waals surface area (Å²) in [5.41, 5.74) is 5.27. The third kappa shape index (κ3) is 9.30. The third-order valence-corrected chi connectivity index (χ3v) is 6.74. The maximum Gasteiger partial charge on any atom is 0.356 e. The Kier molecular flexibility index (Phi) is 14.2. The van der Waals surface area contributed by atoms with Gasteiger partial charge < -0.3 is 14.8 Å². The van der Waals surface area contributed by atoms with Crippen LogP contribution >= 0.6 is 24.8 Å². The summed E-state index contributed by atoms with van der Waals surface area (Å²) in [5.74, 6) is 0.648. The topological polar surface area (TPSA) is 60.5 Å². The summed E-state index contributed by atoms with van der Waals surface area (Å²) in [4.78, 5) is 16.6. The molecule has 1 aliphatic rings. The fraction of sp³-hybridized carbons (Fsp3) is 0.419. The standard InChI is InChI=1S/C31H38N2O3.2ClH/c1-2-35-31(34)29-20-19-26-27(16-11-17-28(26)33-29)32-22-21-25-15-8-9-18-30(25)36-23-10-4-7-14-24-12-5-3-6-13-24;;/h3,5-6,8-9,12-13,15,18-20,27,32H,2,4,7,10-11,14,16-17,21-23H2,1H3;2*1H. The lowest BCUT2D eigenvalue weighted by atomic mass is 9.91. The molecule has 4 rings (SSSR count). The zero-order valence-corrected chi connectivity index (χ0v) is 23.8. The van der Waals surface area contributed by atoms with Gasteiger partial charge in [-0.3, -0.25) is 0 Å². The van der Waals surface area contributed by atoms with E-state index in [1.54, 1.807) is 6.07 Å². The molecule has 1 unspecified atom stereocenters. The molecule has 0 saturated carbocycles. The molecule has 0 spiro atoms. The van der Waals surface area contributed by atoms with Crippen LogP contribution in [0.1, 0.15) is 77.9 Å². The number of pyridine rings is 1. The van der Waals surface area contributed by atoms with Crippen LogP contribution in [0.15, 0.2) is 66.7 Å². The van der Waals surface area contributed by atoms with Gasteiger partial charge in [-0.25, -0.2) is 9.78 Å². The Bertz CT molecular complexity index is 1110. The molecule has 0 aliphatic heterocycles. The van der Waals surface area contributed by atoms with Crippen molar-refractivity contribution in [2.24, 2.45) is 0 Å². The number of para-hydroxylation sites is 1. The van der Waals surface area contributed by atoms with Crippen molar-refractivity contribution in [3.05, 3.63) is 94.8 Å². The second-order valence-electron chi connectivity index (χ2n) is 9.35. The van der Waals surface area contributed by atoms with E-state index < -0.39 is 0 Å². The van der Waals surface area contributed by atoms with Crippen molar-refractivity contribution < 1.29 is 14.3 Å². The smallest absolute Gasteiger partial charge is 0.356 e. The number of esters is 1. The number of carbonyl (C=O) groups excluding carboxylic acids is 1. The summed E-state index contributed by atoms with van der Waals surface area (Å²) in [6.07, 6.45) is 8.52. The molecule has 0 saturated heterocycles. The normalized spacial score (nSPS) is 14.0. The van der Waals surface area contributed by atoms with E-state index in [0.29, 0.717) is 12.3 Å². The van der Waals surface area contributed by atoms with Gasteiger partial charge in [0.1, 0.15) is 11.4 Å². The first kappa shape index (κ1) is 31.6. The van der Waals surface area contributed by atoms with Crippen LogP contribution in [0.4, 0.5) is 0 Å². The summed E-state index contributed by atoms with van der Waals surface area (Å²) in [6.45, 7) is 3.79. The van der Waals surface area contributed by atoms with Crippen LogP contribution < -0.4 is 10.1 Å². The predicted octanol–water partition coefficient (Wildman–Crippen LogP) is 7.10. The van der Waals surface area contributed by atoms with Gasteiger partial charge in [-0.2, -0.15) is 0 Å². The van der Waals surface area contributed by atoms with Gasteiger partial charge in [0.2, 0.25) is 0 Å².